The van der Waals surface area contributed by atoms with Crippen molar-refractivity contribution in [3.63, 3.8) is 0 Å². The number of aromatic carboxylic acids is 2. The minimum atomic E-state index is -5.85. The van der Waals surface area contributed by atoms with Gasteiger partial charge in [0.05, 0.1) is 11.1 Å². The Hall–Kier alpha value is -2.46. The van der Waals surface area contributed by atoms with Crippen LogP contribution in [-0.2, 0) is 5.41 Å². The van der Waals surface area contributed by atoms with E-state index in [0.717, 1.165) is 0 Å². The van der Waals surface area contributed by atoms with Crippen molar-refractivity contribution in [2.45, 2.75) is 17.8 Å². The summed E-state index contributed by atoms with van der Waals surface area (Å²) >= 11 is 0. The van der Waals surface area contributed by atoms with Gasteiger partial charge < -0.3 is 10.2 Å². The highest BCUT2D eigenvalue weighted by Crippen LogP contribution is 2.56. The maximum atomic E-state index is 13.8. The zero-order valence-electron chi connectivity index (χ0n) is 13.9. The fourth-order valence-electron chi connectivity index (χ4n) is 2.71. The van der Waals surface area contributed by atoms with Crippen LogP contribution in [0.2, 0.25) is 0 Å². The Labute approximate surface area is 172 Å². The van der Waals surface area contributed by atoms with Crippen LogP contribution < -0.4 is 0 Å². The predicted octanol–water partition coefficient (Wildman–Crippen LogP) is 5.34. The van der Waals surface area contributed by atoms with E-state index in [9.17, 15) is 35.9 Å². The lowest BCUT2D eigenvalue weighted by atomic mass is 9.72. The largest absolute Gasteiger partial charge is 0.478 e. The predicted molar refractivity (Wildman–Crippen MR) is 94.2 cm³/mol. The third-order valence-electron chi connectivity index (χ3n) is 3.98. The molecule has 0 aromatic heterocycles. The fraction of sp³-hybridized carbons (Fsp3) is 0.176. The van der Waals surface area contributed by atoms with Crippen LogP contribution in [0.4, 0.5) is 26.3 Å². The Morgan fingerprint density at radius 1 is 0.586 bits per heavy atom. The van der Waals surface area contributed by atoms with Crippen LogP contribution >= 0.6 is 24.8 Å². The molecule has 2 N–H and O–H groups in total. The van der Waals surface area contributed by atoms with Crippen molar-refractivity contribution in [2.24, 2.45) is 0 Å². The number of alkyl halides is 6. The summed E-state index contributed by atoms with van der Waals surface area (Å²) in [5, 5.41) is 17.6. The highest BCUT2D eigenvalue weighted by atomic mass is 35.5. The summed E-state index contributed by atoms with van der Waals surface area (Å²) in [7, 11) is 0. The Bertz CT molecular complexity index is 788. The molecule has 29 heavy (non-hydrogen) atoms. The third-order valence-corrected chi connectivity index (χ3v) is 3.98. The van der Waals surface area contributed by atoms with Gasteiger partial charge in [-0.3, -0.25) is 0 Å². The van der Waals surface area contributed by atoms with Crippen molar-refractivity contribution in [1.82, 2.24) is 0 Å². The van der Waals surface area contributed by atoms with Gasteiger partial charge in [-0.25, -0.2) is 9.59 Å². The van der Waals surface area contributed by atoms with Crippen LogP contribution in [0.5, 0.6) is 0 Å². The first-order chi connectivity index (χ1) is 12.3. The van der Waals surface area contributed by atoms with E-state index in [1.165, 1.54) is 0 Å². The highest BCUT2D eigenvalue weighted by molar-refractivity contribution is 5.88. The van der Waals surface area contributed by atoms with Crippen LogP contribution in [0.25, 0.3) is 0 Å². The van der Waals surface area contributed by atoms with Crippen molar-refractivity contribution in [3.8, 4) is 0 Å². The monoisotopic (exact) mass is 464 g/mol. The van der Waals surface area contributed by atoms with Gasteiger partial charge in [0.2, 0.25) is 5.41 Å². The Morgan fingerprint density at radius 3 is 1.00 bits per heavy atom. The molecule has 0 unspecified atom stereocenters. The fourth-order valence-corrected chi connectivity index (χ4v) is 2.71. The van der Waals surface area contributed by atoms with Gasteiger partial charge in [0.1, 0.15) is 0 Å². The molecule has 0 saturated heterocycles. The molecule has 0 amide bonds. The molecule has 0 saturated carbocycles. The van der Waals surface area contributed by atoms with Crippen molar-refractivity contribution in [2.75, 3.05) is 0 Å². The summed E-state index contributed by atoms with van der Waals surface area (Å²) in [4.78, 5) is 21.7. The minimum absolute atomic E-state index is 0. The highest BCUT2D eigenvalue weighted by Gasteiger charge is 2.72. The van der Waals surface area contributed by atoms with E-state index in [0.29, 0.717) is 48.5 Å². The smallest absolute Gasteiger partial charge is 0.411 e. The maximum Gasteiger partial charge on any atom is 0.411 e. The second-order valence-corrected chi connectivity index (χ2v) is 5.51. The number of benzene rings is 2. The van der Waals surface area contributed by atoms with E-state index in [1.54, 1.807) is 0 Å². The lowest BCUT2D eigenvalue weighted by Crippen LogP contribution is -2.54. The summed E-state index contributed by atoms with van der Waals surface area (Å²) in [5.41, 5.74) is -7.92. The Balaban J connectivity index is 0.00000392. The molecule has 12 heteroatoms. The zero-order chi connectivity index (χ0) is 20.6. The number of carboxylic acid groups (broad SMARTS) is 2. The van der Waals surface area contributed by atoms with E-state index in [4.69, 9.17) is 10.2 Å². The van der Waals surface area contributed by atoms with E-state index in [2.05, 4.69) is 0 Å². The summed E-state index contributed by atoms with van der Waals surface area (Å²) in [6.07, 6.45) is -11.7. The summed E-state index contributed by atoms with van der Waals surface area (Å²) in [5.74, 6) is -3.03. The molecule has 0 aliphatic rings. The van der Waals surface area contributed by atoms with E-state index in [1.807, 2.05) is 0 Å². The van der Waals surface area contributed by atoms with E-state index in [-0.39, 0.29) is 24.8 Å². The zero-order valence-corrected chi connectivity index (χ0v) is 15.5. The van der Waals surface area contributed by atoms with Crippen LogP contribution in [0, 0.1) is 0 Å². The molecule has 2 rings (SSSR count). The first-order valence-electron chi connectivity index (χ1n) is 7.13. The van der Waals surface area contributed by atoms with Crippen molar-refractivity contribution < 1.29 is 46.1 Å². The summed E-state index contributed by atoms with van der Waals surface area (Å²) in [6, 6.07) is 4.30. The van der Waals surface area contributed by atoms with Crippen LogP contribution in [0.1, 0.15) is 31.8 Å². The Morgan fingerprint density at radius 2 is 0.828 bits per heavy atom. The van der Waals surface area contributed by atoms with Gasteiger partial charge in [-0.2, -0.15) is 26.3 Å². The van der Waals surface area contributed by atoms with Gasteiger partial charge in [-0.1, -0.05) is 24.3 Å². The molecule has 0 spiro atoms. The molecule has 0 radical (unpaired) electrons. The first-order valence-corrected chi connectivity index (χ1v) is 7.13. The number of halogens is 8. The summed E-state index contributed by atoms with van der Waals surface area (Å²) in [6.45, 7) is 0. The normalized spacial score (nSPS) is 11.8. The van der Waals surface area contributed by atoms with Gasteiger partial charge in [0.15, 0.2) is 0 Å². The molecule has 0 aliphatic carbocycles. The molecule has 2 aromatic carbocycles. The van der Waals surface area contributed by atoms with Gasteiger partial charge in [0, 0.05) is 0 Å². The van der Waals surface area contributed by atoms with Crippen LogP contribution in [0.15, 0.2) is 48.5 Å². The molecule has 0 aliphatic heterocycles. The third kappa shape index (κ3) is 4.59. The standard InChI is InChI=1S/C17H10F6O4.2ClH/c18-16(19,20)15(17(21,22)23,11-5-1-9(2-6-11)13(24)25)12-7-3-10(4-8-12)14(26)27;;/h1-8H,(H,24,25)(H,26,27);2*1H. The first kappa shape index (κ1) is 26.5. The van der Waals surface area contributed by atoms with E-state index < -0.39 is 52.0 Å². The second-order valence-electron chi connectivity index (χ2n) is 5.51. The summed E-state index contributed by atoms with van der Waals surface area (Å²) < 4.78 is 82.8. The minimum Gasteiger partial charge on any atom is -0.478 e. The van der Waals surface area contributed by atoms with Gasteiger partial charge >= 0.3 is 24.3 Å². The Kier molecular flexibility index (Phi) is 8.16. The molecular formula is C17H12Cl2F6O4. The van der Waals surface area contributed by atoms with E-state index >= 15 is 0 Å². The van der Waals surface area contributed by atoms with Crippen molar-refractivity contribution in [3.05, 3.63) is 70.8 Å². The maximum absolute atomic E-state index is 13.8. The lowest BCUT2D eigenvalue weighted by molar-refractivity contribution is -0.288. The molecule has 2 aromatic rings. The number of rotatable bonds is 4. The quantitative estimate of drug-likeness (QED) is 0.599. The van der Waals surface area contributed by atoms with Crippen LogP contribution in [-0.4, -0.2) is 34.5 Å². The molecule has 0 fully saturated rings. The molecular weight excluding hydrogens is 453 g/mol. The SMILES string of the molecule is Cl.Cl.O=C(O)c1ccc(C(c2ccc(C(=O)O)cc2)(C(F)(F)F)C(F)(F)F)cc1. The molecule has 4 nitrogen and oxygen atoms in total. The number of carboxylic acids is 2. The number of carbonyl (C=O) groups is 2. The molecule has 0 bridgehead atoms. The van der Waals surface area contributed by atoms with Gasteiger partial charge in [0.25, 0.3) is 0 Å². The molecule has 0 heterocycles. The van der Waals surface area contributed by atoms with Gasteiger partial charge in [-0.15, -0.1) is 24.8 Å². The average molecular weight is 465 g/mol. The second kappa shape index (κ2) is 8.91. The van der Waals surface area contributed by atoms with Crippen molar-refractivity contribution in [1.29, 1.82) is 0 Å². The molecule has 160 valence electrons. The lowest BCUT2D eigenvalue weighted by Gasteiger charge is -2.38. The van der Waals surface area contributed by atoms with Crippen LogP contribution in [0.3, 0.4) is 0 Å². The topological polar surface area (TPSA) is 74.6 Å². The van der Waals surface area contributed by atoms with Gasteiger partial charge in [-0.05, 0) is 35.4 Å². The van der Waals surface area contributed by atoms with Crippen molar-refractivity contribution >= 4 is 36.8 Å². The molecule has 0 atom stereocenters. The number of hydrogen-bond donors (Lipinski definition) is 2. The number of hydrogen-bond acceptors (Lipinski definition) is 2. The average Bonchev–Trinajstić information content (AvgIpc) is 2.53.